The predicted molar refractivity (Wildman–Crippen MR) is 562 cm³/mol. The molecule has 3 aliphatic carbocycles. The fourth-order valence-corrected chi connectivity index (χ4v) is 21.0. The van der Waals surface area contributed by atoms with Gasteiger partial charge in [-0.05, 0) is 363 Å². The summed E-state index contributed by atoms with van der Waals surface area (Å²) in [7, 11) is 0. The maximum absolute atomic E-state index is 2.37. The standard InChI is InChI=1S/C30H22.C22H18.C19H16.C16H14.2C15H14.C12H12/c1-19-21-11-3-7-15-25(21)29(26-16-8-4-12-22(19)26)30-27-17-9-5-13-23(27)20(2)24-14-6-10-18-28(24)30;1-15-11-13-21(19-9-5-3-7-17(15)19)22-14-12-16(2)18-8-4-6-10-20(18)22;1-12-7-8-17-14(9-12)11-15-10-13(2)16-5-3-4-6-18(16)19(15)17;1-11-13-7-3-5-9-15(13)12(2)16-10-6-4-8-14(11)16;1-10-3-5-14-12(7-10)9-13-8-11(2)4-6-15(13)14;1-10-3-5-12-9-13-6-4-11(2)8-15(13)14(12)7-10;1-9-7-8-10(2)12-6-4-3-5-11(9)12/h3-18H,1-2H3;3-14H,1-2H3;3-10H,11H2,1-2H3;3-10H,1-2H3;2*3-8H,9H2,1-2H3;3-8H,1-2H3. The minimum absolute atomic E-state index is 1.08. The molecule has 0 radical (unpaired) electrons. The molecule has 22 aromatic carbocycles. The fourth-order valence-electron chi connectivity index (χ4n) is 21.0. The molecule has 0 bridgehead atoms. The van der Waals surface area contributed by atoms with Crippen molar-refractivity contribution >= 4 is 108 Å². The van der Waals surface area contributed by atoms with E-state index in [1.807, 2.05) is 0 Å². The highest BCUT2D eigenvalue weighted by atomic mass is 14.3. The molecule has 3 aliphatic rings. The third kappa shape index (κ3) is 16.1. The van der Waals surface area contributed by atoms with Crippen LogP contribution < -0.4 is 0 Å². The fraction of sp³-hybridized carbons (Fsp3) is 0.132. The molecule has 22 aromatic rings. The van der Waals surface area contributed by atoms with E-state index >= 15 is 0 Å². The van der Waals surface area contributed by atoms with E-state index < -0.39 is 0 Å². The highest BCUT2D eigenvalue weighted by molar-refractivity contribution is 6.25. The van der Waals surface area contributed by atoms with Gasteiger partial charge in [-0.3, -0.25) is 0 Å². The molecule has 0 aliphatic heterocycles. The zero-order valence-electron chi connectivity index (χ0n) is 76.9. The van der Waals surface area contributed by atoms with Crippen molar-refractivity contribution in [1.82, 2.24) is 0 Å². The van der Waals surface area contributed by atoms with Gasteiger partial charge >= 0.3 is 0 Å². The zero-order valence-corrected chi connectivity index (χ0v) is 76.9. The highest BCUT2D eigenvalue weighted by Gasteiger charge is 2.25. The first kappa shape index (κ1) is 84.0. The Kier molecular flexibility index (Phi) is 23.2. The molecule has 129 heavy (non-hydrogen) atoms. The quantitative estimate of drug-likeness (QED) is 0.151. The summed E-state index contributed by atoms with van der Waals surface area (Å²) in [5.74, 6) is 0. The van der Waals surface area contributed by atoms with Crippen molar-refractivity contribution in [2.45, 2.75) is 116 Å². The van der Waals surface area contributed by atoms with E-state index in [9.17, 15) is 0 Å². The van der Waals surface area contributed by atoms with Crippen LogP contribution in [-0.4, -0.2) is 0 Å². The Labute approximate surface area is 761 Å². The number of hydrogen-bond donors (Lipinski definition) is 0. The Morgan fingerprint density at radius 3 is 0.659 bits per heavy atom. The monoisotopic (exact) mass is 1660 g/mol. The summed E-state index contributed by atoms with van der Waals surface area (Å²) in [5, 5.41) is 27.0. The SMILES string of the molecule is Cc1c2ccccc2c(-c2c3ccccc3c(C)c3ccccc23)c2ccccc12.Cc1c2ccccc2c(C)c2ccccc12.Cc1ccc(-c2ccc(C)c3ccccc23)c2ccccc12.Cc1ccc(C)c2ccccc12.Cc1ccc2c(c1)-c1cc(C)ccc1C2.Cc1ccc2c(c1)Cc1cc(C)c3ccccc3c1-2.Cc1ccc2c(c1)Cc1cc(C)ccc1-2. The lowest BCUT2D eigenvalue weighted by Gasteiger charge is -2.20. The lowest BCUT2D eigenvalue weighted by Crippen LogP contribution is -1.93. The second-order valence-corrected chi connectivity index (χ2v) is 36.3. The van der Waals surface area contributed by atoms with Crippen LogP contribution in [0.15, 0.2) is 376 Å². The Balaban J connectivity index is 0.0000000997. The van der Waals surface area contributed by atoms with Gasteiger partial charge in [0.25, 0.3) is 0 Å². The largest absolute Gasteiger partial charge is 0.0616 e. The molecule has 0 N–H and O–H groups in total. The van der Waals surface area contributed by atoms with Gasteiger partial charge in [-0.2, -0.15) is 0 Å². The van der Waals surface area contributed by atoms with Gasteiger partial charge in [-0.15, -0.1) is 0 Å². The van der Waals surface area contributed by atoms with Crippen LogP contribution in [0.1, 0.15) is 111 Å². The zero-order chi connectivity index (χ0) is 88.8. The van der Waals surface area contributed by atoms with E-state index in [-0.39, 0.29) is 0 Å². The van der Waals surface area contributed by atoms with Crippen LogP contribution in [0.25, 0.3) is 163 Å². The van der Waals surface area contributed by atoms with E-state index in [1.54, 1.807) is 0 Å². The lowest BCUT2D eigenvalue weighted by atomic mass is 9.83. The van der Waals surface area contributed by atoms with Crippen molar-refractivity contribution in [2.75, 3.05) is 0 Å². The molecule has 626 valence electrons. The Bertz CT molecular complexity index is 7600. The van der Waals surface area contributed by atoms with E-state index in [0.717, 1.165) is 19.3 Å². The topological polar surface area (TPSA) is 0 Å². The molecule has 0 amide bonds. The first-order valence-corrected chi connectivity index (χ1v) is 45.9. The number of rotatable bonds is 2. The van der Waals surface area contributed by atoms with Crippen LogP contribution >= 0.6 is 0 Å². The first-order chi connectivity index (χ1) is 62.8. The van der Waals surface area contributed by atoms with Crippen molar-refractivity contribution < 1.29 is 0 Å². The van der Waals surface area contributed by atoms with Crippen molar-refractivity contribution in [1.29, 1.82) is 0 Å². The van der Waals surface area contributed by atoms with Gasteiger partial charge in [0.2, 0.25) is 0 Å². The van der Waals surface area contributed by atoms with Gasteiger partial charge in [0.1, 0.15) is 0 Å². The molecule has 0 heterocycles. The average Bonchev–Trinajstić information content (AvgIpc) is 0.886. The van der Waals surface area contributed by atoms with Gasteiger partial charge in [0, 0.05) is 0 Å². The molecular formula is C129H110. The van der Waals surface area contributed by atoms with Crippen molar-refractivity contribution in [2.24, 2.45) is 0 Å². The Hall–Kier alpha value is -14.6. The van der Waals surface area contributed by atoms with Crippen LogP contribution in [-0.2, 0) is 19.3 Å². The summed E-state index contributed by atoms with van der Waals surface area (Å²) >= 11 is 0. The number of fused-ring (bicyclic) bond motifs is 20. The first-order valence-electron chi connectivity index (χ1n) is 45.9. The molecule has 0 heteroatoms. The maximum Gasteiger partial charge on any atom is -0.00130 e. The molecule has 0 nitrogen and oxygen atoms in total. The number of aryl methyl sites for hydroxylation is 14. The molecule has 0 atom stereocenters. The van der Waals surface area contributed by atoms with Gasteiger partial charge in [-0.25, -0.2) is 0 Å². The summed E-state index contributed by atoms with van der Waals surface area (Å²) < 4.78 is 0. The van der Waals surface area contributed by atoms with E-state index in [0.29, 0.717) is 0 Å². The van der Waals surface area contributed by atoms with Crippen molar-refractivity contribution in [3.05, 3.63) is 487 Å². The molecule has 0 fully saturated rings. The van der Waals surface area contributed by atoms with Crippen LogP contribution in [0.4, 0.5) is 0 Å². The highest BCUT2D eigenvalue weighted by Crippen LogP contribution is 2.49. The van der Waals surface area contributed by atoms with Crippen LogP contribution in [0.3, 0.4) is 0 Å². The van der Waals surface area contributed by atoms with E-state index in [4.69, 9.17) is 0 Å². The summed E-state index contributed by atoms with van der Waals surface area (Å²) in [6.07, 6.45) is 3.29. The van der Waals surface area contributed by atoms with Crippen molar-refractivity contribution in [3.8, 4) is 55.6 Å². The Morgan fingerprint density at radius 1 is 0.124 bits per heavy atom. The molecule has 0 saturated carbocycles. The molecule has 0 spiro atoms. The third-order valence-corrected chi connectivity index (χ3v) is 27.7. The summed E-state index contributed by atoms with van der Waals surface area (Å²) in [6.45, 7) is 30.6. The van der Waals surface area contributed by atoms with Crippen LogP contribution in [0.2, 0.25) is 0 Å². The van der Waals surface area contributed by atoms with Gasteiger partial charge < -0.3 is 0 Å². The maximum atomic E-state index is 2.37. The molecule has 25 rings (SSSR count). The second kappa shape index (κ2) is 35.7. The lowest BCUT2D eigenvalue weighted by molar-refractivity contribution is 1.24. The predicted octanol–water partition coefficient (Wildman–Crippen LogP) is 35.7. The Morgan fingerprint density at radius 2 is 0.333 bits per heavy atom. The smallest absolute Gasteiger partial charge is 0.00130 e. The molecule has 0 aromatic heterocycles. The third-order valence-electron chi connectivity index (χ3n) is 27.7. The van der Waals surface area contributed by atoms with Crippen molar-refractivity contribution in [3.63, 3.8) is 0 Å². The van der Waals surface area contributed by atoms with Gasteiger partial charge in [0.15, 0.2) is 0 Å². The minimum atomic E-state index is 1.08. The van der Waals surface area contributed by atoms with Crippen LogP contribution in [0, 0.1) is 96.9 Å². The average molecular weight is 1660 g/mol. The summed E-state index contributed by atoms with van der Waals surface area (Å²) in [6, 6.07) is 137. The number of benzene rings is 22. The van der Waals surface area contributed by atoms with E-state index in [1.165, 1.54) is 275 Å². The summed E-state index contributed by atoms with van der Waals surface area (Å²) in [5.41, 5.74) is 41.8. The molecule has 0 unspecified atom stereocenters. The normalized spacial score (nSPS) is 11.7. The molecule has 0 saturated heterocycles. The van der Waals surface area contributed by atoms with E-state index in [2.05, 4.69) is 473 Å². The van der Waals surface area contributed by atoms with Crippen LogP contribution in [0.5, 0.6) is 0 Å². The summed E-state index contributed by atoms with van der Waals surface area (Å²) in [4.78, 5) is 0. The molecular weight excluding hydrogens is 1550 g/mol. The minimum Gasteiger partial charge on any atom is -0.0616 e. The van der Waals surface area contributed by atoms with Gasteiger partial charge in [0.05, 0.1) is 0 Å². The second-order valence-electron chi connectivity index (χ2n) is 36.3. The number of hydrogen-bond acceptors (Lipinski definition) is 0. The van der Waals surface area contributed by atoms with Gasteiger partial charge in [-0.1, -0.05) is 404 Å².